The van der Waals surface area contributed by atoms with E-state index >= 15 is 0 Å². The summed E-state index contributed by atoms with van der Waals surface area (Å²) < 4.78 is 0. The number of nitrogens with one attached hydrogen (secondary N) is 4. The van der Waals surface area contributed by atoms with Crippen LogP contribution in [-0.4, -0.2) is 39.5 Å². The molecule has 3 rings (SSSR count). The van der Waals surface area contributed by atoms with Gasteiger partial charge in [0.05, 0.1) is 6.20 Å². The Bertz CT molecular complexity index is 713. The highest BCUT2D eigenvalue weighted by Crippen LogP contribution is 2.25. The lowest BCUT2D eigenvalue weighted by atomic mass is 10.1. The summed E-state index contributed by atoms with van der Waals surface area (Å²) in [4.78, 5) is 35.3. The van der Waals surface area contributed by atoms with Gasteiger partial charge >= 0.3 is 6.03 Å². The third kappa shape index (κ3) is 3.58. The molecule has 8 nitrogen and oxygen atoms in total. The molecule has 0 bridgehead atoms. The van der Waals surface area contributed by atoms with Crippen molar-refractivity contribution in [1.82, 2.24) is 25.6 Å². The maximum atomic E-state index is 12.0. The number of rotatable bonds is 4. The minimum absolute atomic E-state index is 0.00607. The van der Waals surface area contributed by atoms with Crippen LogP contribution in [0.3, 0.4) is 0 Å². The highest BCUT2D eigenvalue weighted by atomic mass is 16.2. The molecule has 0 spiro atoms. The van der Waals surface area contributed by atoms with E-state index in [-0.39, 0.29) is 23.9 Å². The summed E-state index contributed by atoms with van der Waals surface area (Å²) in [6, 6.07) is 1.47. The van der Waals surface area contributed by atoms with Crippen LogP contribution in [0.4, 0.5) is 10.6 Å². The van der Waals surface area contributed by atoms with Gasteiger partial charge in [0.1, 0.15) is 5.52 Å². The number of anilines is 1. The minimum Gasteiger partial charge on any atom is -0.356 e. The number of carbonyl (C=O) groups excluding carboxylic acids is 2. The third-order valence-electron chi connectivity index (χ3n) is 3.99. The van der Waals surface area contributed by atoms with Gasteiger partial charge in [-0.15, -0.1) is 0 Å². The third-order valence-corrected chi connectivity index (χ3v) is 3.99. The summed E-state index contributed by atoms with van der Waals surface area (Å²) in [5, 5.41) is 8.40. The van der Waals surface area contributed by atoms with Crippen LogP contribution in [0.15, 0.2) is 18.5 Å². The normalized spacial score (nSPS) is 20.4. The smallest absolute Gasteiger partial charge is 0.320 e. The number of amides is 3. The summed E-state index contributed by atoms with van der Waals surface area (Å²) >= 11 is 0. The zero-order valence-electron chi connectivity index (χ0n) is 12.9. The Labute approximate surface area is 133 Å². The fourth-order valence-corrected chi connectivity index (χ4v) is 2.90. The topological polar surface area (TPSA) is 112 Å². The van der Waals surface area contributed by atoms with E-state index in [1.807, 2.05) is 6.92 Å². The molecular weight excluding hydrogens is 296 g/mol. The van der Waals surface area contributed by atoms with Crippen molar-refractivity contribution in [3.05, 3.63) is 18.5 Å². The molecule has 4 N–H and O–H groups in total. The van der Waals surface area contributed by atoms with Gasteiger partial charge in [0.2, 0.25) is 5.91 Å². The van der Waals surface area contributed by atoms with Crippen LogP contribution in [0.2, 0.25) is 0 Å². The fraction of sp³-hybridized carbons (Fsp3) is 0.467. The molecule has 1 saturated carbocycles. The number of nitrogens with zero attached hydrogens (tertiary/aromatic N) is 2. The zero-order chi connectivity index (χ0) is 16.2. The molecular formula is C15H20N6O2. The first-order valence-corrected chi connectivity index (χ1v) is 7.81. The van der Waals surface area contributed by atoms with E-state index in [9.17, 15) is 9.59 Å². The predicted octanol–water partition coefficient (Wildman–Crippen LogP) is 1.38. The monoisotopic (exact) mass is 316 g/mol. The number of H-pyrrole nitrogens is 1. The van der Waals surface area contributed by atoms with Gasteiger partial charge in [-0.1, -0.05) is 0 Å². The van der Waals surface area contributed by atoms with Crippen molar-refractivity contribution < 1.29 is 9.59 Å². The molecule has 122 valence electrons. The van der Waals surface area contributed by atoms with Gasteiger partial charge in [-0.3, -0.25) is 10.1 Å². The second kappa shape index (κ2) is 6.64. The Kier molecular flexibility index (Phi) is 4.40. The second-order valence-corrected chi connectivity index (χ2v) is 5.67. The van der Waals surface area contributed by atoms with Crippen molar-refractivity contribution in [3.63, 3.8) is 0 Å². The number of hydrogen-bond donors (Lipinski definition) is 4. The quantitative estimate of drug-likeness (QED) is 0.682. The van der Waals surface area contributed by atoms with Gasteiger partial charge in [0, 0.05) is 24.7 Å². The molecule has 8 heteroatoms. The summed E-state index contributed by atoms with van der Waals surface area (Å²) in [5.41, 5.74) is 1.37. The summed E-state index contributed by atoms with van der Waals surface area (Å²) in [6.45, 7) is 2.53. The van der Waals surface area contributed by atoms with Crippen LogP contribution < -0.4 is 16.0 Å². The molecule has 2 atom stereocenters. The lowest BCUT2D eigenvalue weighted by Crippen LogP contribution is -2.37. The van der Waals surface area contributed by atoms with Gasteiger partial charge in [-0.25, -0.2) is 14.8 Å². The largest absolute Gasteiger partial charge is 0.356 e. The van der Waals surface area contributed by atoms with Crippen LogP contribution >= 0.6 is 0 Å². The number of urea groups is 1. The Morgan fingerprint density at radius 3 is 3.09 bits per heavy atom. The van der Waals surface area contributed by atoms with Crippen molar-refractivity contribution in [3.8, 4) is 0 Å². The first kappa shape index (κ1) is 15.3. The van der Waals surface area contributed by atoms with Crippen LogP contribution in [-0.2, 0) is 4.79 Å². The molecule has 1 aliphatic carbocycles. The van der Waals surface area contributed by atoms with Gasteiger partial charge in [-0.05, 0) is 32.3 Å². The highest BCUT2D eigenvalue weighted by molar-refractivity contribution is 5.89. The van der Waals surface area contributed by atoms with Crippen LogP contribution in [0.5, 0.6) is 0 Å². The highest BCUT2D eigenvalue weighted by Gasteiger charge is 2.30. The van der Waals surface area contributed by atoms with E-state index < -0.39 is 0 Å². The lowest BCUT2D eigenvalue weighted by Gasteiger charge is -2.13. The van der Waals surface area contributed by atoms with Gasteiger partial charge in [-0.2, -0.15) is 0 Å². The Hall–Kier alpha value is -2.64. The van der Waals surface area contributed by atoms with Crippen LogP contribution in [0.1, 0.15) is 26.2 Å². The van der Waals surface area contributed by atoms with Crippen molar-refractivity contribution in [2.75, 3.05) is 11.9 Å². The van der Waals surface area contributed by atoms with Gasteiger partial charge in [0.25, 0.3) is 0 Å². The Morgan fingerprint density at radius 1 is 1.39 bits per heavy atom. The van der Waals surface area contributed by atoms with Gasteiger partial charge in [0.15, 0.2) is 11.5 Å². The van der Waals surface area contributed by atoms with Crippen molar-refractivity contribution >= 4 is 28.9 Å². The molecule has 0 aromatic carbocycles. The average Bonchev–Trinajstić information content (AvgIpc) is 3.15. The lowest BCUT2D eigenvalue weighted by molar-refractivity contribution is -0.124. The molecule has 0 saturated heterocycles. The Balaban J connectivity index is 1.52. The maximum Gasteiger partial charge on any atom is 0.320 e. The van der Waals surface area contributed by atoms with E-state index in [0.29, 0.717) is 29.9 Å². The fourth-order valence-electron chi connectivity index (χ4n) is 2.90. The molecule has 2 aromatic rings. The molecule has 0 radical (unpaired) electrons. The van der Waals surface area contributed by atoms with Crippen molar-refractivity contribution in [2.24, 2.45) is 5.92 Å². The molecule has 1 fully saturated rings. The SMILES string of the molecule is CCNC(=O)[C@H]1CC[C@H](NC(=O)Nc2cnc3[nH]ccc3n2)C1. The number of hydrogen-bond acceptors (Lipinski definition) is 4. The van der Waals surface area contributed by atoms with E-state index in [4.69, 9.17) is 0 Å². The van der Waals surface area contributed by atoms with E-state index in [1.165, 1.54) is 6.20 Å². The zero-order valence-corrected chi connectivity index (χ0v) is 12.9. The predicted molar refractivity (Wildman–Crippen MR) is 85.9 cm³/mol. The summed E-state index contributed by atoms with van der Waals surface area (Å²) in [5.74, 6) is 0.449. The summed E-state index contributed by atoms with van der Waals surface area (Å²) in [7, 11) is 0. The number of carbonyl (C=O) groups is 2. The Morgan fingerprint density at radius 2 is 2.26 bits per heavy atom. The van der Waals surface area contributed by atoms with Gasteiger partial charge < -0.3 is 15.6 Å². The van der Waals surface area contributed by atoms with E-state index in [1.54, 1.807) is 12.3 Å². The standard InChI is InChI=1S/C15H20N6O2/c1-2-16-14(22)9-3-4-10(7-9)19-15(23)21-12-8-18-13-11(20-12)5-6-17-13/h5-6,8-10H,2-4,7H2,1H3,(H,16,22)(H,17,18)(H2,19,20,21,23)/t9-,10-/m0/s1. The number of fused-ring (bicyclic) bond motifs is 1. The van der Waals surface area contributed by atoms with Crippen LogP contribution in [0, 0.1) is 5.92 Å². The van der Waals surface area contributed by atoms with E-state index in [0.717, 1.165) is 12.8 Å². The molecule has 0 unspecified atom stereocenters. The molecule has 3 amide bonds. The van der Waals surface area contributed by atoms with E-state index in [2.05, 4.69) is 30.9 Å². The molecule has 23 heavy (non-hydrogen) atoms. The minimum atomic E-state index is -0.323. The number of aromatic amines is 1. The molecule has 1 aliphatic rings. The van der Waals surface area contributed by atoms with Crippen molar-refractivity contribution in [1.29, 1.82) is 0 Å². The first-order chi connectivity index (χ1) is 11.2. The van der Waals surface area contributed by atoms with Crippen molar-refractivity contribution in [2.45, 2.75) is 32.2 Å². The second-order valence-electron chi connectivity index (χ2n) is 5.67. The first-order valence-electron chi connectivity index (χ1n) is 7.81. The van der Waals surface area contributed by atoms with Crippen LogP contribution in [0.25, 0.3) is 11.2 Å². The molecule has 2 aromatic heterocycles. The molecule has 2 heterocycles. The maximum absolute atomic E-state index is 12.0. The average molecular weight is 316 g/mol. The summed E-state index contributed by atoms with van der Waals surface area (Å²) in [6.07, 6.45) is 5.52. The number of aromatic nitrogens is 3. The molecule has 0 aliphatic heterocycles.